The zero-order valence-electron chi connectivity index (χ0n) is 19.2. The lowest BCUT2D eigenvalue weighted by Crippen LogP contribution is -2.12. The van der Waals surface area contributed by atoms with Gasteiger partial charge in [-0.1, -0.05) is 79.1 Å². The number of rotatable bonds is 10. The molecule has 176 valence electrons. The summed E-state index contributed by atoms with van der Waals surface area (Å²) in [5.74, 6) is 0.308. The molecule has 7 heteroatoms. The highest BCUT2D eigenvalue weighted by Crippen LogP contribution is 2.38. The Kier molecular flexibility index (Phi) is 8.68. The second kappa shape index (κ2) is 11.9. The fraction of sp³-hybridized carbons (Fsp3) is 0.259. The van der Waals surface area contributed by atoms with Crippen molar-refractivity contribution in [3.05, 3.63) is 106 Å². The van der Waals surface area contributed by atoms with Gasteiger partial charge in [0.15, 0.2) is 0 Å². The summed E-state index contributed by atoms with van der Waals surface area (Å²) in [6.07, 6.45) is 8.34. The number of aromatic nitrogens is 3. The van der Waals surface area contributed by atoms with E-state index in [-0.39, 0.29) is 0 Å². The molecule has 2 heterocycles. The lowest BCUT2D eigenvalue weighted by molar-refractivity contribution is 0.123. The third kappa shape index (κ3) is 6.63. The summed E-state index contributed by atoms with van der Waals surface area (Å²) in [5, 5.41) is 1.25. The van der Waals surface area contributed by atoms with Crippen LogP contribution in [0.3, 0.4) is 0 Å². The number of pyridine rings is 1. The average Bonchev–Trinajstić information content (AvgIpc) is 3.31. The molecule has 4 aromatic rings. The maximum atomic E-state index is 6.25. The van der Waals surface area contributed by atoms with E-state index in [2.05, 4.69) is 35.5 Å². The summed E-state index contributed by atoms with van der Waals surface area (Å²) in [5.41, 5.74) is 4.72. The molecule has 0 saturated carbocycles. The smallest absolute Gasteiger partial charge is 0.0949 e. The van der Waals surface area contributed by atoms with Crippen molar-refractivity contribution >= 4 is 35.0 Å². The minimum absolute atomic E-state index is 0.308. The Balaban J connectivity index is 1.61. The van der Waals surface area contributed by atoms with Gasteiger partial charge in [-0.25, -0.2) is 4.98 Å². The molecule has 0 aliphatic rings. The highest BCUT2D eigenvalue weighted by molar-refractivity contribution is 7.99. The van der Waals surface area contributed by atoms with Gasteiger partial charge < -0.3 is 9.30 Å². The quantitative estimate of drug-likeness (QED) is 0.205. The van der Waals surface area contributed by atoms with E-state index in [4.69, 9.17) is 32.9 Å². The third-order valence-electron chi connectivity index (χ3n) is 5.41. The summed E-state index contributed by atoms with van der Waals surface area (Å²) in [7, 11) is 0. The first-order valence-corrected chi connectivity index (χ1v) is 12.8. The molecule has 0 amide bonds. The molecule has 0 saturated heterocycles. The number of ether oxygens (including phenoxy) is 1. The first-order valence-electron chi connectivity index (χ1n) is 11.2. The molecule has 4 nitrogen and oxygen atoms in total. The third-order valence-corrected chi connectivity index (χ3v) is 6.87. The van der Waals surface area contributed by atoms with Gasteiger partial charge in [-0.2, -0.15) is 0 Å². The first-order chi connectivity index (χ1) is 16.5. The van der Waals surface area contributed by atoms with Crippen molar-refractivity contribution in [2.45, 2.75) is 49.1 Å². The lowest BCUT2D eigenvalue weighted by atomic mass is 9.95. The molecule has 2 aromatic carbocycles. The molecule has 34 heavy (non-hydrogen) atoms. The maximum absolute atomic E-state index is 6.25. The van der Waals surface area contributed by atoms with Crippen LogP contribution in [0.1, 0.15) is 42.1 Å². The van der Waals surface area contributed by atoms with E-state index < -0.39 is 0 Å². The number of hydrogen-bond donors (Lipinski definition) is 0. The molecular weight excluding hydrogens is 485 g/mol. The standard InChI is InChI=1S/C27H27Cl2N3OS/c1-19(2)27-24(16-32-10-9-30-18-32)25(8-11-33-17-20-6-4-3-5-7-20)31-15-26(27)34-23-13-21(28)12-22(29)14-23/h3-7,9-10,12-15,18-19H,8,11,16-17H2,1-2H3. The van der Waals surface area contributed by atoms with Crippen LogP contribution in [0.4, 0.5) is 0 Å². The Morgan fingerprint density at radius 1 is 1.06 bits per heavy atom. The zero-order valence-corrected chi connectivity index (χ0v) is 21.6. The Hall–Kier alpha value is -2.31. The molecule has 0 atom stereocenters. The van der Waals surface area contributed by atoms with E-state index >= 15 is 0 Å². The van der Waals surface area contributed by atoms with E-state index in [9.17, 15) is 0 Å². The second-order valence-corrected chi connectivity index (χ2v) is 10.3. The summed E-state index contributed by atoms with van der Waals surface area (Å²) in [4.78, 5) is 11.2. The molecule has 0 fully saturated rings. The van der Waals surface area contributed by atoms with Crippen molar-refractivity contribution in [2.75, 3.05) is 6.61 Å². The first kappa shape index (κ1) is 24.8. The van der Waals surface area contributed by atoms with Gasteiger partial charge in [0, 0.05) is 50.5 Å². The van der Waals surface area contributed by atoms with Gasteiger partial charge in [0.05, 0.1) is 26.1 Å². The largest absolute Gasteiger partial charge is 0.376 e. The lowest BCUT2D eigenvalue weighted by Gasteiger charge is -2.21. The van der Waals surface area contributed by atoms with E-state index in [0.29, 0.717) is 35.7 Å². The van der Waals surface area contributed by atoms with E-state index in [0.717, 1.165) is 21.9 Å². The monoisotopic (exact) mass is 511 g/mol. The number of nitrogens with zero attached hydrogens (tertiary/aromatic N) is 3. The van der Waals surface area contributed by atoms with Crippen LogP contribution in [0.15, 0.2) is 83.2 Å². The summed E-state index contributed by atoms with van der Waals surface area (Å²) < 4.78 is 8.06. The number of benzene rings is 2. The van der Waals surface area contributed by atoms with Crippen LogP contribution in [-0.2, 0) is 24.3 Å². The predicted octanol–water partition coefficient (Wildman–Crippen LogP) is 7.67. The molecule has 0 spiro atoms. The Morgan fingerprint density at radius 2 is 1.82 bits per heavy atom. The number of halogens is 2. The molecule has 0 aliphatic heterocycles. The zero-order chi connectivity index (χ0) is 23.9. The highest BCUT2D eigenvalue weighted by Gasteiger charge is 2.19. The van der Waals surface area contributed by atoms with Gasteiger partial charge >= 0.3 is 0 Å². The van der Waals surface area contributed by atoms with Crippen LogP contribution in [0.5, 0.6) is 0 Å². The molecule has 2 aromatic heterocycles. The Bertz CT molecular complexity index is 1190. The van der Waals surface area contributed by atoms with Gasteiger partial charge in [0.25, 0.3) is 0 Å². The van der Waals surface area contributed by atoms with Gasteiger partial charge in [-0.05, 0) is 40.8 Å². The predicted molar refractivity (Wildman–Crippen MR) is 140 cm³/mol. The fourth-order valence-corrected chi connectivity index (χ4v) is 5.76. The van der Waals surface area contributed by atoms with Crippen molar-refractivity contribution in [1.29, 1.82) is 0 Å². The van der Waals surface area contributed by atoms with Crippen LogP contribution >= 0.6 is 35.0 Å². The molecule has 0 unspecified atom stereocenters. The van der Waals surface area contributed by atoms with Crippen molar-refractivity contribution in [3.63, 3.8) is 0 Å². The maximum Gasteiger partial charge on any atom is 0.0949 e. The second-order valence-electron chi connectivity index (χ2n) is 8.35. The molecule has 4 rings (SSSR count). The molecule has 0 N–H and O–H groups in total. The normalized spacial score (nSPS) is 11.3. The van der Waals surface area contributed by atoms with E-state index in [1.54, 1.807) is 24.0 Å². The van der Waals surface area contributed by atoms with Crippen LogP contribution < -0.4 is 0 Å². The molecule has 0 aliphatic carbocycles. The topological polar surface area (TPSA) is 39.9 Å². The van der Waals surface area contributed by atoms with Crippen molar-refractivity contribution in [3.8, 4) is 0 Å². The number of imidazole rings is 1. The Morgan fingerprint density at radius 3 is 2.50 bits per heavy atom. The van der Waals surface area contributed by atoms with E-state index in [1.807, 2.05) is 49.1 Å². The van der Waals surface area contributed by atoms with Crippen molar-refractivity contribution in [2.24, 2.45) is 0 Å². The highest BCUT2D eigenvalue weighted by atomic mass is 35.5. The van der Waals surface area contributed by atoms with Gasteiger partial charge in [-0.15, -0.1) is 0 Å². The van der Waals surface area contributed by atoms with Crippen LogP contribution in [0.2, 0.25) is 10.0 Å². The van der Waals surface area contributed by atoms with Crippen molar-refractivity contribution in [1.82, 2.24) is 14.5 Å². The van der Waals surface area contributed by atoms with Gasteiger partial charge in [0.1, 0.15) is 0 Å². The Labute approximate surface area is 215 Å². The summed E-state index contributed by atoms with van der Waals surface area (Å²) >= 11 is 14.1. The summed E-state index contributed by atoms with van der Waals surface area (Å²) in [6, 6.07) is 15.8. The molecular formula is C27H27Cl2N3OS. The fourth-order valence-electron chi connectivity index (χ4n) is 3.90. The minimum Gasteiger partial charge on any atom is -0.376 e. The van der Waals surface area contributed by atoms with Gasteiger partial charge in [-0.3, -0.25) is 4.98 Å². The minimum atomic E-state index is 0.308. The van der Waals surface area contributed by atoms with E-state index in [1.165, 1.54) is 16.7 Å². The van der Waals surface area contributed by atoms with Crippen molar-refractivity contribution < 1.29 is 4.74 Å². The van der Waals surface area contributed by atoms with Crippen LogP contribution in [0, 0.1) is 0 Å². The van der Waals surface area contributed by atoms with Crippen LogP contribution in [0.25, 0.3) is 0 Å². The molecule has 0 radical (unpaired) electrons. The average molecular weight is 513 g/mol. The number of hydrogen-bond acceptors (Lipinski definition) is 4. The van der Waals surface area contributed by atoms with Crippen LogP contribution in [-0.4, -0.2) is 21.1 Å². The molecule has 0 bridgehead atoms. The SMILES string of the molecule is CC(C)c1c(Sc2cc(Cl)cc(Cl)c2)cnc(CCOCc2ccccc2)c1Cn1ccnc1. The van der Waals surface area contributed by atoms with Gasteiger partial charge in [0.2, 0.25) is 0 Å². The summed E-state index contributed by atoms with van der Waals surface area (Å²) in [6.45, 7) is 6.35.